The van der Waals surface area contributed by atoms with Crippen molar-refractivity contribution in [2.45, 2.75) is 0 Å². The Labute approximate surface area is 73.5 Å². The lowest BCUT2D eigenvalue weighted by Gasteiger charge is -2.16. The summed E-state index contributed by atoms with van der Waals surface area (Å²) < 4.78 is 0. The van der Waals surface area contributed by atoms with Gasteiger partial charge in [-0.15, -0.1) is 5.17 Å². The van der Waals surface area contributed by atoms with Gasteiger partial charge < -0.3 is 5.48 Å². The molecule has 0 spiro atoms. The van der Waals surface area contributed by atoms with Gasteiger partial charge in [0.2, 0.25) is 0 Å². The lowest BCUT2D eigenvalue weighted by Crippen LogP contribution is -2.38. The number of benzene rings is 1. The maximum atomic E-state index is 9.25. The number of anilines is 2. The highest BCUT2D eigenvalue weighted by molar-refractivity contribution is 5.70. The van der Waals surface area contributed by atoms with Crippen molar-refractivity contribution in [3.8, 4) is 0 Å². The lowest BCUT2D eigenvalue weighted by molar-refractivity contribution is -0.404. The van der Waals surface area contributed by atoms with E-state index in [1.165, 1.54) is 0 Å². The molecule has 0 saturated carbocycles. The highest BCUT2D eigenvalue weighted by Crippen LogP contribution is 2.31. The topological polar surface area (TPSA) is 99.7 Å². The molecule has 2 rings (SSSR count). The van der Waals surface area contributed by atoms with Gasteiger partial charge in [0, 0.05) is 0 Å². The zero-order valence-corrected chi connectivity index (χ0v) is 6.51. The Bertz CT molecular complexity index is 295. The predicted octanol–water partition coefficient (Wildman–Crippen LogP) is 0.0196. The molecule has 5 N–H and O–H groups in total. The van der Waals surface area contributed by atoms with E-state index in [2.05, 4.69) is 10.4 Å². The smallest absolute Gasteiger partial charge is 0.111 e. The molecule has 7 heteroatoms. The second-order valence-electron chi connectivity index (χ2n) is 2.27. The molecule has 0 bridgehead atoms. The number of rotatable bonds is 1. The Morgan fingerprint density at radius 1 is 1.31 bits per heavy atom. The first-order valence-corrected chi connectivity index (χ1v) is 3.29. The van der Waals surface area contributed by atoms with Crippen LogP contribution >= 0.6 is 0 Å². The Hall–Kier alpha value is -1.38. The molecule has 0 fully saturated rings. The Kier molecular flexibility index (Phi) is 2.66. The summed E-state index contributed by atoms with van der Waals surface area (Å²) in [6.07, 6.45) is 0. The maximum Gasteiger partial charge on any atom is 0.111 e. The van der Waals surface area contributed by atoms with Gasteiger partial charge in [-0.1, -0.05) is 17.1 Å². The number of hydrogen-bond acceptors (Lipinski definition) is 6. The largest absolute Gasteiger partial charge is 0.412 e. The van der Waals surface area contributed by atoms with Crippen LogP contribution in [0.2, 0.25) is 0 Å². The van der Waals surface area contributed by atoms with Crippen molar-refractivity contribution < 1.29 is 20.9 Å². The lowest BCUT2D eigenvalue weighted by atomic mass is 10.3. The molecule has 0 aliphatic carbocycles. The van der Waals surface area contributed by atoms with Gasteiger partial charge in [-0.2, -0.15) is 0 Å². The summed E-state index contributed by atoms with van der Waals surface area (Å²) in [4.78, 5) is 3.80. The SMILES string of the molecule is O.OON1Nc2ccccc2N1O. The fourth-order valence-corrected chi connectivity index (χ4v) is 1.05. The number of hydrogen-bond donors (Lipinski definition) is 3. The third-order valence-electron chi connectivity index (χ3n) is 1.59. The van der Waals surface area contributed by atoms with E-state index in [1.807, 2.05) is 0 Å². The number of nitrogens with zero attached hydrogens (tertiary/aromatic N) is 2. The van der Waals surface area contributed by atoms with Crippen LogP contribution < -0.4 is 10.6 Å². The van der Waals surface area contributed by atoms with Crippen molar-refractivity contribution in [2.75, 3.05) is 10.6 Å². The highest BCUT2D eigenvalue weighted by Gasteiger charge is 2.26. The fourth-order valence-electron chi connectivity index (χ4n) is 1.05. The minimum atomic E-state index is 0. The fraction of sp³-hybridized carbons (Fsp3) is 0. The van der Waals surface area contributed by atoms with Gasteiger partial charge >= 0.3 is 0 Å². The summed E-state index contributed by atoms with van der Waals surface area (Å²) in [6.45, 7) is 0. The first-order valence-electron chi connectivity index (χ1n) is 3.29. The van der Waals surface area contributed by atoms with Gasteiger partial charge in [0.1, 0.15) is 5.69 Å². The number of hydrazine groups is 2. The standard InChI is InChI=1S/C6H7N3O3.H2O/c10-8-6-4-2-1-3-5(6)7-9(8)12-11;/h1-4,7,10-11H;1H2. The van der Waals surface area contributed by atoms with Crippen molar-refractivity contribution >= 4 is 11.4 Å². The minimum Gasteiger partial charge on any atom is -0.412 e. The average molecular weight is 187 g/mol. The molecule has 0 unspecified atom stereocenters. The zero-order valence-electron chi connectivity index (χ0n) is 6.51. The zero-order chi connectivity index (χ0) is 8.55. The van der Waals surface area contributed by atoms with Crippen LogP contribution in [-0.4, -0.2) is 21.2 Å². The van der Waals surface area contributed by atoms with Gasteiger partial charge in [0.25, 0.3) is 0 Å². The summed E-state index contributed by atoms with van der Waals surface area (Å²) >= 11 is 0. The van der Waals surface area contributed by atoms with E-state index in [4.69, 9.17) is 5.26 Å². The van der Waals surface area contributed by atoms with Gasteiger partial charge in [-0.3, -0.25) is 10.6 Å². The predicted molar refractivity (Wildman–Crippen MR) is 43.5 cm³/mol. The summed E-state index contributed by atoms with van der Waals surface area (Å²) in [5.74, 6) is 0. The molecule has 13 heavy (non-hydrogen) atoms. The van der Waals surface area contributed by atoms with E-state index in [-0.39, 0.29) is 5.48 Å². The Morgan fingerprint density at radius 3 is 2.62 bits per heavy atom. The van der Waals surface area contributed by atoms with Crippen molar-refractivity contribution in [1.29, 1.82) is 0 Å². The summed E-state index contributed by atoms with van der Waals surface area (Å²) in [5, 5.41) is 18.9. The van der Waals surface area contributed by atoms with Crippen molar-refractivity contribution in [2.24, 2.45) is 0 Å². The Morgan fingerprint density at radius 2 is 2.00 bits per heavy atom. The molecule has 1 aromatic carbocycles. The van der Waals surface area contributed by atoms with Crippen molar-refractivity contribution in [3.63, 3.8) is 0 Å². The summed E-state index contributed by atoms with van der Waals surface area (Å²) in [7, 11) is 0. The van der Waals surface area contributed by atoms with Crippen LogP contribution in [0.5, 0.6) is 0 Å². The molecule has 1 aliphatic rings. The summed E-state index contributed by atoms with van der Waals surface area (Å²) in [5.41, 5.74) is 3.72. The second-order valence-corrected chi connectivity index (χ2v) is 2.27. The third-order valence-corrected chi connectivity index (χ3v) is 1.59. The first kappa shape index (κ1) is 9.71. The summed E-state index contributed by atoms with van der Waals surface area (Å²) in [6, 6.07) is 6.95. The molecule has 1 aliphatic heterocycles. The van der Waals surface area contributed by atoms with Gasteiger partial charge in [-0.25, -0.2) is 5.26 Å². The van der Waals surface area contributed by atoms with E-state index in [9.17, 15) is 5.21 Å². The van der Waals surface area contributed by atoms with Gasteiger partial charge in [0.05, 0.1) is 11.0 Å². The van der Waals surface area contributed by atoms with Crippen LogP contribution in [0.1, 0.15) is 0 Å². The first-order chi connectivity index (χ1) is 5.83. The van der Waals surface area contributed by atoms with E-state index < -0.39 is 0 Å². The monoisotopic (exact) mass is 187 g/mol. The van der Waals surface area contributed by atoms with Crippen LogP contribution in [0.25, 0.3) is 0 Å². The molecule has 1 heterocycles. The van der Waals surface area contributed by atoms with Crippen molar-refractivity contribution in [1.82, 2.24) is 5.28 Å². The molecule has 7 nitrogen and oxygen atoms in total. The second kappa shape index (κ2) is 3.56. The van der Waals surface area contributed by atoms with E-state index in [1.54, 1.807) is 24.3 Å². The van der Waals surface area contributed by atoms with Gasteiger partial charge in [-0.05, 0) is 12.1 Å². The van der Waals surface area contributed by atoms with Crippen LogP contribution in [-0.2, 0) is 4.99 Å². The van der Waals surface area contributed by atoms with E-state index in [0.29, 0.717) is 21.8 Å². The molecule has 1 aromatic rings. The molecule has 72 valence electrons. The average Bonchev–Trinajstić information content (AvgIpc) is 2.44. The van der Waals surface area contributed by atoms with Crippen LogP contribution in [0, 0.1) is 0 Å². The molecule has 0 saturated heterocycles. The van der Waals surface area contributed by atoms with Crippen LogP contribution in [0.15, 0.2) is 24.3 Å². The normalized spacial score (nSPS) is 14.8. The molecular weight excluding hydrogens is 178 g/mol. The van der Waals surface area contributed by atoms with Crippen LogP contribution in [0.3, 0.4) is 0 Å². The third kappa shape index (κ3) is 1.41. The molecule has 0 aromatic heterocycles. The highest BCUT2D eigenvalue weighted by atomic mass is 17.2. The quantitative estimate of drug-likeness (QED) is 0.423. The number of para-hydroxylation sites is 2. The van der Waals surface area contributed by atoms with E-state index >= 15 is 0 Å². The van der Waals surface area contributed by atoms with Crippen LogP contribution in [0.4, 0.5) is 11.4 Å². The van der Waals surface area contributed by atoms with Crippen molar-refractivity contribution in [3.05, 3.63) is 24.3 Å². The molecule has 0 amide bonds. The molecule has 0 atom stereocenters. The maximum absolute atomic E-state index is 9.25. The number of nitrogens with one attached hydrogen (secondary N) is 1. The molecule has 0 radical (unpaired) electrons. The Balaban J connectivity index is 0.000000845. The van der Waals surface area contributed by atoms with E-state index in [0.717, 1.165) is 0 Å². The minimum absolute atomic E-state index is 0. The van der Waals surface area contributed by atoms with Gasteiger partial charge in [0.15, 0.2) is 0 Å². The molecular formula is C6H9N3O4. The number of fused-ring (bicyclic) bond motifs is 1.